The van der Waals surface area contributed by atoms with Gasteiger partial charge in [0.25, 0.3) is 0 Å². The monoisotopic (exact) mass is 262 g/mol. The molecule has 0 heterocycles. The quantitative estimate of drug-likeness (QED) is 0.426. The maximum atomic E-state index is 10.8. The highest BCUT2D eigenvalue weighted by molar-refractivity contribution is 5.45. The Balaban J connectivity index is 2.39. The molecule has 0 aliphatic carbocycles. The Morgan fingerprint density at radius 3 is 2.68 bits per heavy atom. The Morgan fingerprint density at radius 2 is 2.05 bits per heavy atom. The number of ether oxygens (including phenoxy) is 1. The maximum Gasteiger partial charge on any atom is 0.310 e. The predicted octanol–water partition coefficient (Wildman–Crippen LogP) is 3.69. The van der Waals surface area contributed by atoms with Gasteiger partial charge in [0.2, 0.25) is 0 Å². The summed E-state index contributed by atoms with van der Waals surface area (Å²) in [6, 6.07) is 8.58. The molecule has 0 spiro atoms. The van der Waals surface area contributed by atoms with Gasteiger partial charge in [0, 0.05) is 6.07 Å². The molecule has 0 amide bonds. The summed E-state index contributed by atoms with van der Waals surface area (Å²) in [6.45, 7) is 4.22. The Kier molecular flexibility index (Phi) is 5.31. The van der Waals surface area contributed by atoms with Crippen molar-refractivity contribution in [1.82, 2.24) is 0 Å². The smallest absolute Gasteiger partial charge is 0.310 e. The number of rotatable bonds is 7. The molecule has 0 aliphatic heterocycles. The van der Waals surface area contributed by atoms with Gasteiger partial charge >= 0.3 is 5.69 Å². The number of nitrogens with zero attached hydrogens (tertiary/aromatic N) is 2. The van der Waals surface area contributed by atoms with Crippen molar-refractivity contribution in [2.75, 3.05) is 6.61 Å². The fourth-order valence-electron chi connectivity index (χ4n) is 1.64. The molecule has 1 aromatic carbocycles. The second-order valence-electron chi connectivity index (χ2n) is 5.03. The van der Waals surface area contributed by atoms with Crippen molar-refractivity contribution in [2.24, 2.45) is 5.41 Å². The average Bonchev–Trinajstić information content (AvgIpc) is 2.38. The van der Waals surface area contributed by atoms with Gasteiger partial charge in [-0.2, -0.15) is 5.26 Å². The molecule has 0 radical (unpaired) electrons. The van der Waals surface area contributed by atoms with Crippen LogP contribution in [0.15, 0.2) is 24.3 Å². The third-order valence-electron chi connectivity index (χ3n) is 2.82. The van der Waals surface area contributed by atoms with Gasteiger partial charge in [-0.15, -0.1) is 0 Å². The first kappa shape index (κ1) is 15.0. The lowest BCUT2D eigenvalue weighted by molar-refractivity contribution is -0.385. The molecule has 1 aromatic rings. The zero-order chi connectivity index (χ0) is 14.3. The SMILES string of the molecule is CC(C)(C#N)CCCCOc1ccccc1[N+](=O)[O-]. The van der Waals surface area contributed by atoms with E-state index in [4.69, 9.17) is 10.00 Å². The van der Waals surface area contributed by atoms with Crippen molar-refractivity contribution in [3.63, 3.8) is 0 Å². The van der Waals surface area contributed by atoms with Gasteiger partial charge in [0.05, 0.1) is 23.0 Å². The molecule has 0 atom stereocenters. The highest BCUT2D eigenvalue weighted by Gasteiger charge is 2.16. The predicted molar refractivity (Wildman–Crippen MR) is 71.8 cm³/mol. The molecule has 0 aliphatic rings. The van der Waals surface area contributed by atoms with Crippen LogP contribution in [0, 0.1) is 26.9 Å². The number of nitro groups is 1. The number of para-hydroxylation sites is 2. The number of nitriles is 1. The van der Waals surface area contributed by atoms with E-state index in [0.29, 0.717) is 12.4 Å². The molecule has 5 nitrogen and oxygen atoms in total. The van der Waals surface area contributed by atoms with Gasteiger partial charge in [-0.3, -0.25) is 10.1 Å². The molecule has 5 heteroatoms. The van der Waals surface area contributed by atoms with Crippen molar-refractivity contribution in [3.05, 3.63) is 34.4 Å². The molecule has 0 N–H and O–H groups in total. The topological polar surface area (TPSA) is 76.2 Å². The largest absolute Gasteiger partial charge is 0.487 e. The van der Waals surface area contributed by atoms with Crippen LogP contribution in [0.3, 0.4) is 0 Å². The van der Waals surface area contributed by atoms with Crippen molar-refractivity contribution >= 4 is 5.69 Å². The van der Waals surface area contributed by atoms with Gasteiger partial charge in [-0.25, -0.2) is 0 Å². The first-order valence-corrected chi connectivity index (χ1v) is 6.24. The summed E-state index contributed by atoms with van der Waals surface area (Å²) in [7, 11) is 0. The van der Waals surface area contributed by atoms with Crippen LogP contribution in [-0.2, 0) is 0 Å². The molecule has 0 bridgehead atoms. The number of hydrogen-bond donors (Lipinski definition) is 0. The van der Waals surface area contributed by atoms with E-state index in [1.165, 1.54) is 6.07 Å². The van der Waals surface area contributed by atoms with Crippen LogP contribution < -0.4 is 4.74 Å². The number of unbranched alkanes of at least 4 members (excludes halogenated alkanes) is 1. The summed E-state index contributed by atoms with van der Waals surface area (Å²) >= 11 is 0. The molecule has 1 rings (SSSR count). The summed E-state index contributed by atoms with van der Waals surface area (Å²) in [5, 5.41) is 19.6. The highest BCUT2D eigenvalue weighted by atomic mass is 16.6. The number of benzene rings is 1. The first-order valence-electron chi connectivity index (χ1n) is 6.24. The molecule has 0 fully saturated rings. The maximum absolute atomic E-state index is 10.8. The summed E-state index contributed by atoms with van der Waals surface area (Å²) < 4.78 is 5.42. The minimum Gasteiger partial charge on any atom is -0.487 e. The van der Waals surface area contributed by atoms with E-state index in [-0.39, 0.29) is 11.1 Å². The van der Waals surface area contributed by atoms with Gasteiger partial charge in [-0.05, 0) is 39.2 Å². The van der Waals surface area contributed by atoms with Crippen LogP contribution >= 0.6 is 0 Å². The van der Waals surface area contributed by atoms with E-state index in [0.717, 1.165) is 19.3 Å². The second-order valence-corrected chi connectivity index (χ2v) is 5.03. The zero-order valence-electron chi connectivity index (χ0n) is 11.3. The van der Waals surface area contributed by atoms with E-state index in [1.54, 1.807) is 18.2 Å². The third kappa shape index (κ3) is 4.96. The van der Waals surface area contributed by atoms with Crippen molar-refractivity contribution < 1.29 is 9.66 Å². The fourth-order valence-corrected chi connectivity index (χ4v) is 1.64. The van der Waals surface area contributed by atoms with E-state index >= 15 is 0 Å². The Bertz CT molecular complexity index is 478. The van der Waals surface area contributed by atoms with E-state index in [1.807, 2.05) is 13.8 Å². The van der Waals surface area contributed by atoms with Gasteiger partial charge in [0.1, 0.15) is 0 Å². The van der Waals surface area contributed by atoms with Crippen LogP contribution in [0.25, 0.3) is 0 Å². The number of hydrogen-bond acceptors (Lipinski definition) is 4. The molecule has 0 saturated carbocycles. The molecule has 19 heavy (non-hydrogen) atoms. The van der Waals surface area contributed by atoms with Crippen LogP contribution in [0.5, 0.6) is 5.75 Å². The summed E-state index contributed by atoms with van der Waals surface area (Å²) in [4.78, 5) is 10.3. The first-order chi connectivity index (χ1) is 8.96. The lowest BCUT2D eigenvalue weighted by atomic mass is 9.89. The minimum absolute atomic E-state index is 0.0140. The van der Waals surface area contributed by atoms with Gasteiger partial charge < -0.3 is 4.74 Å². The van der Waals surface area contributed by atoms with Crippen molar-refractivity contribution in [2.45, 2.75) is 33.1 Å². The standard InChI is InChI=1S/C14H18N2O3/c1-14(2,11-15)9-5-6-10-19-13-8-4-3-7-12(13)16(17)18/h3-4,7-8H,5-6,9-10H2,1-2H3. The lowest BCUT2D eigenvalue weighted by Gasteiger charge is -2.14. The molecular weight excluding hydrogens is 244 g/mol. The van der Waals surface area contributed by atoms with Crippen molar-refractivity contribution in [3.8, 4) is 11.8 Å². The molecule has 0 unspecified atom stereocenters. The molecular formula is C14H18N2O3. The summed E-state index contributed by atoms with van der Waals surface area (Å²) in [5.74, 6) is 0.298. The third-order valence-corrected chi connectivity index (χ3v) is 2.82. The summed E-state index contributed by atoms with van der Waals surface area (Å²) in [5.41, 5.74) is -0.335. The fraction of sp³-hybridized carbons (Fsp3) is 0.500. The van der Waals surface area contributed by atoms with Crippen molar-refractivity contribution in [1.29, 1.82) is 5.26 Å². The van der Waals surface area contributed by atoms with E-state index < -0.39 is 4.92 Å². The molecule has 0 saturated heterocycles. The zero-order valence-corrected chi connectivity index (χ0v) is 11.3. The Morgan fingerprint density at radius 1 is 1.37 bits per heavy atom. The second kappa shape index (κ2) is 6.74. The van der Waals surface area contributed by atoms with Crippen LogP contribution in [0.2, 0.25) is 0 Å². The Labute approximate surface area is 113 Å². The van der Waals surface area contributed by atoms with Crippen LogP contribution in [0.1, 0.15) is 33.1 Å². The van der Waals surface area contributed by atoms with E-state index in [2.05, 4.69) is 6.07 Å². The molecule has 0 aromatic heterocycles. The average molecular weight is 262 g/mol. The number of nitro benzene ring substituents is 1. The lowest BCUT2D eigenvalue weighted by Crippen LogP contribution is -2.08. The van der Waals surface area contributed by atoms with Gasteiger partial charge in [-0.1, -0.05) is 12.1 Å². The molecule has 102 valence electrons. The van der Waals surface area contributed by atoms with E-state index in [9.17, 15) is 10.1 Å². The van der Waals surface area contributed by atoms with Gasteiger partial charge in [0.15, 0.2) is 5.75 Å². The Hall–Kier alpha value is -2.09. The van der Waals surface area contributed by atoms with Crippen LogP contribution in [-0.4, -0.2) is 11.5 Å². The summed E-state index contributed by atoms with van der Waals surface area (Å²) in [6.07, 6.45) is 2.43. The normalized spacial score (nSPS) is 10.8. The highest BCUT2D eigenvalue weighted by Crippen LogP contribution is 2.26. The van der Waals surface area contributed by atoms with Crippen LogP contribution in [0.4, 0.5) is 5.69 Å². The minimum atomic E-state index is -0.450.